The van der Waals surface area contributed by atoms with Gasteiger partial charge >= 0.3 is 5.97 Å². The number of hydroxylamine groups is 1. The highest BCUT2D eigenvalue weighted by Crippen LogP contribution is 1.99. The molecule has 0 heterocycles. The number of nitrogens with one attached hydrogen (secondary N) is 1. The van der Waals surface area contributed by atoms with Crippen LogP contribution in [-0.4, -0.2) is 18.2 Å². The summed E-state index contributed by atoms with van der Waals surface area (Å²) in [6, 6.07) is 0. The fraction of sp³-hybridized carbons (Fsp3) is 0.700. The van der Waals surface area contributed by atoms with E-state index in [9.17, 15) is 14.4 Å². The van der Waals surface area contributed by atoms with E-state index >= 15 is 0 Å². The summed E-state index contributed by atoms with van der Waals surface area (Å²) in [6.45, 7) is 2.03. The Morgan fingerprint density at radius 1 is 1.27 bits per heavy atom. The lowest BCUT2D eigenvalue weighted by atomic mass is 10.2. The Balaban J connectivity index is 3.44. The van der Waals surface area contributed by atoms with Crippen LogP contribution in [0.4, 0.5) is 0 Å². The summed E-state index contributed by atoms with van der Waals surface area (Å²) in [5, 5.41) is 0. The maximum atomic E-state index is 11.0. The summed E-state index contributed by atoms with van der Waals surface area (Å²) in [5.41, 5.74) is 2.00. The van der Waals surface area contributed by atoms with E-state index in [0.717, 1.165) is 19.3 Å². The molecule has 0 rings (SSSR count). The van der Waals surface area contributed by atoms with Gasteiger partial charge in [0, 0.05) is 19.3 Å². The highest BCUT2D eigenvalue weighted by atomic mass is 16.7. The van der Waals surface area contributed by atoms with Crippen LogP contribution in [0.1, 0.15) is 45.4 Å². The van der Waals surface area contributed by atoms with Gasteiger partial charge in [0.15, 0.2) is 0 Å². The van der Waals surface area contributed by atoms with Crippen LogP contribution in [0.5, 0.6) is 0 Å². The number of unbranched alkanes of at least 4 members (excludes halogenated alkanes) is 2. The average Bonchev–Trinajstić information content (AvgIpc) is 2.24. The molecule has 0 unspecified atom stereocenters. The molecule has 0 aliphatic rings. The summed E-state index contributed by atoms with van der Waals surface area (Å²) in [5.74, 6) is -0.895. The number of carbonyl (C=O) groups is 3. The second-order valence-electron chi connectivity index (χ2n) is 3.16. The number of hydrogen-bond donors (Lipinski definition) is 1. The third kappa shape index (κ3) is 8.93. The quantitative estimate of drug-likeness (QED) is 0.392. The van der Waals surface area contributed by atoms with Gasteiger partial charge in [-0.15, -0.1) is 0 Å². The third-order valence-electron chi connectivity index (χ3n) is 1.75. The average molecular weight is 215 g/mol. The summed E-state index contributed by atoms with van der Waals surface area (Å²) < 4.78 is 0. The van der Waals surface area contributed by atoms with E-state index in [1.807, 2.05) is 12.4 Å². The van der Waals surface area contributed by atoms with Crippen molar-refractivity contribution in [1.29, 1.82) is 0 Å². The Kier molecular flexibility index (Phi) is 8.33. The van der Waals surface area contributed by atoms with Gasteiger partial charge in [0.1, 0.15) is 6.29 Å². The molecule has 0 aromatic carbocycles. The lowest BCUT2D eigenvalue weighted by Gasteiger charge is -2.04. The predicted molar refractivity (Wildman–Crippen MR) is 53.7 cm³/mol. The Morgan fingerprint density at radius 3 is 2.60 bits per heavy atom. The van der Waals surface area contributed by atoms with Crippen LogP contribution in [0.15, 0.2) is 0 Å². The van der Waals surface area contributed by atoms with Gasteiger partial charge in [0.25, 0.3) is 5.91 Å². The Labute approximate surface area is 89.1 Å². The molecule has 1 amide bonds. The van der Waals surface area contributed by atoms with Gasteiger partial charge in [-0.2, -0.15) is 5.48 Å². The van der Waals surface area contributed by atoms with Crippen LogP contribution in [0.3, 0.4) is 0 Å². The van der Waals surface area contributed by atoms with Crippen LogP contribution >= 0.6 is 0 Å². The van der Waals surface area contributed by atoms with E-state index in [1.54, 1.807) is 0 Å². The minimum atomic E-state index is -0.453. The van der Waals surface area contributed by atoms with E-state index < -0.39 is 11.9 Å². The maximum Gasteiger partial charge on any atom is 0.332 e. The number of amides is 1. The molecule has 15 heavy (non-hydrogen) atoms. The molecule has 0 spiro atoms. The molecule has 0 radical (unpaired) electrons. The first-order valence-electron chi connectivity index (χ1n) is 5.12. The third-order valence-corrected chi connectivity index (χ3v) is 1.75. The molecule has 0 saturated heterocycles. The molecule has 1 N–H and O–H groups in total. The van der Waals surface area contributed by atoms with Crippen molar-refractivity contribution >= 4 is 18.2 Å². The van der Waals surface area contributed by atoms with Crippen LogP contribution < -0.4 is 5.48 Å². The lowest BCUT2D eigenvalue weighted by Crippen LogP contribution is -2.26. The largest absolute Gasteiger partial charge is 0.341 e. The molecular weight excluding hydrogens is 198 g/mol. The zero-order valence-corrected chi connectivity index (χ0v) is 8.95. The Hall–Kier alpha value is -1.39. The molecule has 0 aromatic rings. The Bertz CT molecular complexity index is 215. The highest BCUT2D eigenvalue weighted by molar-refractivity contribution is 5.79. The van der Waals surface area contributed by atoms with Crippen molar-refractivity contribution in [2.45, 2.75) is 45.4 Å². The van der Waals surface area contributed by atoms with Crippen molar-refractivity contribution in [3.05, 3.63) is 0 Å². The first-order valence-corrected chi connectivity index (χ1v) is 5.12. The van der Waals surface area contributed by atoms with Gasteiger partial charge in [-0.1, -0.05) is 19.8 Å². The second-order valence-corrected chi connectivity index (χ2v) is 3.16. The van der Waals surface area contributed by atoms with Gasteiger partial charge in [0.2, 0.25) is 0 Å². The van der Waals surface area contributed by atoms with Crippen molar-refractivity contribution in [3.8, 4) is 0 Å². The molecule has 0 saturated carbocycles. The summed E-state index contributed by atoms with van der Waals surface area (Å²) in [4.78, 5) is 36.3. The summed E-state index contributed by atoms with van der Waals surface area (Å²) in [6.07, 6.45) is 3.89. The molecule has 0 aliphatic heterocycles. The van der Waals surface area contributed by atoms with Crippen molar-refractivity contribution < 1.29 is 19.2 Å². The minimum Gasteiger partial charge on any atom is -0.341 e. The van der Waals surface area contributed by atoms with Gasteiger partial charge in [-0.25, -0.2) is 4.79 Å². The molecule has 0 fully saturated rings. The van der Waals surface area contributed by atoms with E-state index in [2.05, 4.69) is 4.84 Å². The first-order chi connectivity index (χ1) is 7.20. The van der Waals surface area contributed by atoms with Gasteiger partial charge in [-0.3, -0.25) is 4.79 Å². The van der Waals surface area contributed by atoms with Crippen LogP contribution in [-0.2, 0) is 19.2 Å². The van der Waals surface area contributed by atoms with E-state index in [4.69, 9.17) is 0 Å². The van der Waals surface area contributed by atoms with Gasteiger partial charge in [0.05, 0.1) is 0 Å². The van der Waals surface area contributed by atoms with E-state index in [0.29, 0.717) is 12.7 Å². The van der Waals surface area contributed by atoms with Crippen molar-refractivity contribution in [2.75, 3.05) is 0 Å². The van der Waals surface area contributed by atoms with Crippen LogP contribution in [0, 0.1) is 0 Å². The smallest absolute Gasteiger partial charge is 0.332 e. The van der Waals surface area contributed by atoms with Gasteiger partial charge < -0.3 is 9.63 Å². The van der Waals surface area contributed by atoms with E-state index in [1.165, 1.54) is 0 Å². The zero-order valence-electron chi connectivity index (χ0n) is 8.95. The van der Waals surface area contributed by atoms with Crippen LogP contribution in [0.25, 0.3) is 0 Å². The molecule has 0 aliphatic carbocycles. The normalized spacial score (nSPS) is 9.40. The van der Waals surface area contributed by atoms with Crippen LogP contribution in [0.2, 0.25) is 0 Å². The number of carbonyl (C=O) groups excluding carboxylic acids is 3. The van der Waals surface area contributed by atoms with Crippen molar-refractivity contribution in [1.82, 2.24) is 5.48 Å². The molecule has 0 atom stereocenters. The fourth-order valence-corrected chi connectivity index (χ4v) is 0.925. The molecule has 5 heteroatoms. The number of rotatable bonds is 7. The SMILES string of the molecule is CCCCCC(=O)ONC(=O)CCC=O. The maximum absolute atomic E-state index is 11.0. The molecule has 0 bridgehead atoms. The predicted octanol–water partition coefficient (Wildman–Crippen LogP) is 1.12. The first kappa shape index (κ1) is 13.6. The van der Waals surface area contributed by atoms with Gasteiger partial charge in [-0.05, 0) is 6.42 Å². The standard InChI is InChI=1S/C10H17NO4/c1-2-3-4-7-10(14)15-11-9(13)6-5-8-12/h8H,2-7H2,1H3,(H,11,13). The monoisotopic (exact) mass is 215 g/mol. The second kappa shape index (κ2) is 9.18. The Morgan fingerprint density at radius 2 is 2.00 bits per heavy atom. The lowest BCUT2D eigenvalue weighted by molar-refractivity contribution is -0.158. The summed E-state index contributed by atoms with van der Waals surface area (Å²) >= 11 is 0. The zero-order chi connectivity index (χ0) is 11.5. The molecular formula is C10H17NO4. The molecule has 86 valence electrons. The topological polar surface area (TPSA) is 72.5 Å². The minimum absolute atomic E-state index is 0.0474. The summed E-state index contributed by atoms with van der Waals surface area (Å²) in [7, 11) is 0. The van der Waals surface area contributed by atoms with Crippen molar-refractivity contribution in [3.63, 3.8) is 0 Å². The van der Waals surface area contributed by atoms with Crippen molar-refractivity contribution in [2.24, 2.45) is 0 Å². The molecule has 5 nitrogen and oxygen atoms in total. The van der Waals surface area contributed by atoms with E-state index in [-0.39, 0.29) is 12.8 Å². The fourth-order valence-electron chi connectivity index (χ4n) is 0.925. The number of hydrogen-bond acceptors (Lipinski definition) is 4. The molecule has 0 aromatic heterocycles. The number of aldehydes is 1. The highest BCUT2D eigenvalue weighted by Gasteiger charge is 2.05.